The van der Waals surface area contributed by atoms with E-state index in [-0.39, 0.29) is 11.4 Å². The van der Waals surface area contributed by atoms with Gasteiger partial charge in [0.25, 0.3) is 6.61 Å². The fraction of sp³-hybridized carbons (Fsp3) is 0.235. The molecule has 0 aliphatic heterocycles. The van der Waals surface area contributed by atoms with E-state index in [2.05, 4.69) is 0 Å². The molecule has 0 atom stereocenters. The number of nitro groups is 1. The second-order valence-electron chi connectivity index (χ2n) is 5.34. The normalized spacial score (nSPS) is 11.5. The van der Waals surface area contributed by atoms with Crippen LogP contribution in [0.25, 0.3) is 0 Å². The summed E-state index contributed by atoms with van der Waals surface area (Å²) in [5.74, 6) is 0.501. The Kier molecular flexibility index (Phi) is 8.74. The number of hydrogen-bond acceptors (Lipinski definition) is 7. The standard InChI is InChI=1S/C16H16NO5.CHF3O3S/c1-20-14-8-13(16(21-2)15(9-14)17(18)19)11-22-10-12-6-4-3-5-7-12;2-1(3,4)8(5,6)7/h3-9,11H,10H2,1-2H3;(H,5,6,7)/q+1;/p-1. The highest BCUT2D eigenvalue weighted by molar-refractivity contribution is 7.86. The molecule has 2 aromatic rings. The van der Waals surface area contributed by atoms with Crippen LogP contribution in [0.2, 0.25) is 0 Å². The molecule has 2 rings (SSSR count). The van der Waals surface area contributed by atoms with Gasteiger partial charge in [0.05, 0.1) is 25.2 Å². The first-order valence-electron chi connectivity index (χ1n) is 7.82. The van der Waals surface area contributed by atoms with Crippen molar-refractivity contribution in [3.05, 3.63) is 63.7 Å². The molecule has 0 heterocycles. The summed E-state index contributed by atoms with van der Waals surface area (Å²) in [5.41, 5.74) is -4.37. The third-order valence-corrected chi connectivity index (χ3v) is 3.86. The van der Waals surface area contributed by atoms with Gasteiger partial charge in [0.15, 0.2) is 10.1 Å². The van der Waals surface area contributed by atoms with Crippen LogP contribution in [0.1, 0.15) is 15.6 Å². The van der Waals surface area contributed by atoms with Gasteiger partial charge in [-0.05, 0) is 12.1 Å². The van der Waals surface area contributed by atoms with Gasteiger partial charge in [0, 0.05) is 11.6 Å². The second kappa shape index (κ2) is 10.5. The Morgan fingerprint density at radius 1 is 1.13 bits per heavy atom. The molecule has 0 N–H and O–H groups in total. The number of alkyl halides is 3. The summed E-state index contributed by atoms with van der Waals surface area (Å²) >= 11 is 0. The summed E-state index contributed by atoms with van der Waals surface area (Å²) in [6, 6.07) is 12.5. The Balaban J connectivity index is 0.000000479. The number of nitrogens with zero attached hydrogens (tertiary/aromatic N) is 1. The number of aldehydes is 1. The summed E-state index contributed by atoms with van der Waals surface area (Å²) in [6.45, 7) is 0.356. The quantitative estimate of drug-likeness (QED) is 0.165. The highest BCUT2D eigenvalue weighted by Crippen LogP contribution is 2.34. The van der Waals surface area contributed by atoms with Crippen molar-refractivity contribution in [2.45, 2.75) is 12.1 Å². The summed E-state index contributed by atoms with van der Waals surface area (Å²) < 4.78 is 74.6. The highest BCUT2D eigenvalue weighted by Gasteiger charge is 2.36. The van der Waals surface area contributed by atoms with Crippen LogP contribution in [-0.4, -0.2) is 43.9 Å². The van der Waals surface area contributed by atoms with E-state index in [0.717, 1.165) is 5.56 Å². The van der Waals surface area contributed by atoms with Gasteiger partial charge in [-0.25, -0.2) is 8.42 Å². The van der Waals surface area contributed by atoms with E-state index in [1.54, 1.807) is 6.07 Å². The molecule has 0 bridgehead atoms. The monoisotopic (exact) mass is 451 g/mol. The van der Waals surface area contributed by atoms with Crippen LogP contribution >= 0.6 is 0 Å². The number of rotatable bonds is 6. The molecule has 0 radical (unpaired) electrons. The Morgan fingerprint density at radius 2 is 1.70 bits per heavy atom. The SMILES string of the molecule is COc1cc(C=[O+]Cc2ccccc2)c(OC)c([N+](=O)[O-])c1.O=S(=O)([O-])C(F)(F)F. The van der Waals surface area contributed by atoms with E-state index >= 15 is 0 Å². The predicted octanol–water partition coefficient (Wildman–Crippen LogP) is 3.21. The first-order chi connectivity index (χ1) is 13.9. The van der Waals surface area contributed by atoms with E-state index < -0.39 is 20.5 Å². The molecular formula is C17H16F3NO8S. The molecule has 9 nitrogen and oxygen atoms in total. The van der Waals surface area contributed by atoms with Crippen molar-refractivity contribution >= 4 is 22.1 Å². The van der Waals surface area contributed by atoms with E-state index in [1.165, 1.54) is 26.6 Å². The first kappa shape index (κ1) is 24.8. The highest BCUT2D eigenvalue weighted by atomic mass is 32.2. The minimum atomic E-state index is -6.09. The topological polar surface area (TPSA) is 130 Å². The summed E-state index contributed by atoms with van der Waals surface area (Å²) in [5, 5.41) is 11.1. The fourth-order valence-electron chi connectivity index (χ4n) is 1.97. The lowest BCUT2D eigenvalue weighted by Gasteiger charge is -2.08. The van der Waals surface area contributed by atoms with Gasteiger partial charge in [0.1, 0.15) is 11.3 Å². The number of ether oxygens (including phenoxy) is 2. The number of nitro benzene ring substituents is 1. The van der Waals surface area contributed by atoms with Crippen molar-refractivity contribution in [3.63, 3.8) is 0 Å². The van der Waals surface area contributed by atoms with Gasteiger partial charge in [0.2, 0.25) is 5.75 Å². The van der Waals surface area contributed by atoms with E-state index in [0.29, 0.717) is 17.9 Å². The number of benzene rings is 2. The minimum Gasteiger partial charge on any atom is -0.741 e. The van der Waals surface area contributed by atoms with Gasteiger partial charge >= 0.3 is 17.5 Å². The Morgan fingerprint density at radius 3 is 2.13 bits per heavy atom. The van der Waals surface area contributed by atoms with E-state index in [9.17, 15) is 23.3 Å². The van der Waals surface area contributed by atoms with Gasteiger partial charge in [-0.2, -0.15) is 13.2 Å². The summed E-state index contributed by atoms with van der Waals surface area (Å²) in [4.78, 5) is 10.6. The summed E-state index contributed by atoms with van der Waals surface area (Å²) in [7, 11) is -3.27. The smallest absolute Gasteiger partial charge is 0.485 e. The van der Waals surface area contributed by atoms with Crippen molar-refractivity contribution in [3.8, 4) is 11.5 Å². The molecule has 0 unspecified atom stereocenters. The van der Waals surface area contributed by atoms with Crippen molar-refractivity contribution in [1.82, 2.24) is 0 Å². The van der Waals surface area contributed by atoms with Crippen LogP contribution in [0.4, 0.5) is 18.9 Å². The molecule has 30 heavy (non-hydrogen) atoms. The molecule has 0 saturated heterocycles. The van der Waals surface area contributed by atoms with Gasteiger partial charge in [-0.1, -0.05) is 18.2 Å². The Hall–Kier alpha value is -3.19. The number of halogens is 3. The average Bonchev–Trinajstić information content (AvgIpc) is 2.67. The molecule has 0 aromatic heterocycles. The van der Waals surface area contributed by atoms with Crippen molar-refractivity contribution in [2.75, 3.05) is 14.2 Å². The zero-order valence-corrected chi connectivity index (χ0v) is 16.4. The first-order valence-corrected chi connectivity index (χ1v) is 9.22. The minimum absolute atomic E-state index is 0.138. The number of methoxy groups -OCH3 is 2. The van der Waals surface area contributed by atoms with Crippen LogP contribution in [0.5, 0.6) is 11.5 Å². The zero-order valence-electron chi connectivity index (χ0n) is 15.6. The van der Waals surface area contributed by atoms with Gasteiger partial charge in [-0.3, -0.25) is 14.5 Å². The summed E-state index contributed by atoms with van der Waals surface area (Å²) in [6.07, 6.45) is 1.43. The van der Waals surface area contributed by atoms with Crippen molar-refractivity contribution < 1.29 is 45.0 Å². The van der Waals surface area contributed by atoms with Crippen LogP contribution in [0.3, 0.4) is 0 Å². The third kappa shape index (κ3) is 7.33. The average molecular weight is 451 g/mol. The number of carbonyl (C=O) groups excluding carboxylic acids is 1. The lowest BCUT2D eigenvalue weighted by atomic mass is 10.1. The predicted molar refractivity (Wildman–Crippen MR) is 97.5 cm³/mol. The van der Waals surface area contributed by atoms with Gasteiger partial charge < -0.3 is 14.0 Å². The molecule has 0 amide bonds. The molecule has 0 aliphatic rings. The molecule has 0 spiro atoms. The molecule has 13 heteroatoms. The number of hydrogen-bond donors (Lipinski definition) is 0. The molecule has 164 valence electrons. The zero-order chi connectivity index (χ0) is 22.9. The van der Waals surface area contributed by atoms with Crippen molar-refractivity contribution in [2.24, 2.45) is 0 Å². The largest absolute Gasteiger partial charge is 0.741 e. The van der Waals surface area contributed by atoms with E-state index in [1.807, 2.05) is 30.3 Å². The van der Waals surface area contributed by atoms with Crippen LogP contribution < -0.4 is 9.47 Å². The molecular weight excluding hydrogens is 435 g/mol. The van der Waals surface area contributed by atoms with E-state index in [4.69, 9.17) is 26.9 Å². The second-order valence-corrected chi connectivity index (χ2v) is 6.71. The van der Waals surface area contributed by atoms with Gasteiger partial charge in [-0.15, -0.1) is 0 Å². The lowest BCUT2D eigenvalue weighted by molar-refractivity contribution is -0.385. The molecule has 0 fully saturated rings. The lowest BCUT2D eigenvalue weighted by Crippen LogP contribution is -2.21. The molecule has 0 saturated carbocycles. The third-order valence-electron chi connectivity index (χ3n) is 3.29. The molecule has 2 aromatic carbocycles. The van der Waals surface area contributed by atoms with Crippen LogP contribution in [0, 0.1) is 10.1 Å². The van der Waals surface area contributed by atoms with Crippen LogP contribution in [-0.2, 0) is 16.7 Å². The maximum Gasteiger partial charge on any atom is 0.485 e. The maximum absolute atomic E-state index is 11.1. The Labute approximate surface area is 169 Å². The fourth-order valence-corrected chi connectivity index (χ4v) is 1.97. The van der Waals surface area contributed by atoms with Crippen molar-refractivity contribution in [1.29, 1.82) is 0 Å². The molecule has 0 aliphatic carbocycles. The van der Waals surface area contributed by atoms with Crippen LogP contribution in [0.15, 0.2) is 42.5 Å². The Bertz CT molecular complexity index is 992. The maximum atomic E-state index is 11.1.